The van der Waals surface area contributed by atoms with Gasteiger partial charge >= 0.3 is 0 Å². The molecule has 0 radical (unpaired) electrons. The van der Waals surface area contributed by atoms with Crippen molar-refractivity contribution in [3.63, 3.8) is 0 Å². The van der Waals surface area contributed by atoms with E-state index in [1.165, 1.54) is 11.8 Å². The minimum Gasteiger partial charge on any atom is -0.352 e. The molecule has 3 aromatic rings. The highest BCUT2D eigenvalue weighted by molar-refractivity contribution is 8.00. The van der Waals surface area contributed by atoms with E-state index in [9.17, 15) is 4.79 Å². The molecule has 7 heteroatoms. The zero-order valence-electron chi connectivity index (χ0n) is 14.4. The highest BCUT2D eigenvalue weighted by atomic mass is 32.2. The van der Waals surface area contributed by atoms with Crippen molar-refractivity contribution in [2.45, 2.75) is 29.3 Å². The molecule has 0 bridgehead atoms. The largest absolute Gasteiger partial charge is 0.352 e. The Hall–Kier alpha value is -2.67. The van der Waals surface area contributed by atoms with Gasteiger partial charge in [0.25, 0.3) is 0 Å². The molecule has 0 spiro atoms. The molecule has 1 N–H and O–H groups in total. The van der Waals surface area contributed by atoms with E-state index in [0.29, 0.717) is 11.2 Å². The van der Waals surface area contributed by atoms with Crippen LogP contribution in [0.1, 0.15) is 23.7 Å². The first-order valence-corrected chi connectivity index (χ1v) is 9.42. The quantitative estimate of drug-likeness (QED) is 0.680. The van der Waals surface area contributed by atoms with Gasteiger partial charge in [0.1, 0.15) is 5.25 Å². The van der Waals surface area contributed by atoms with Crippen molar-refractivity contribution in [2.75, 3.05) is 0 Å². The molecule has 2 heterocycles. The Balaban J connectivity index is 1.61. The molecule has 1 saturated carbocycles. The lowest BCUT2D eigenvalue weighted by Crippen LogP contribution is -2.29. The summed E-state index contributed by atoms with van der Waals surface area (Å²) in [7, 11) is 1.91. The topological polar surface area (TPSA) is 72.7 Å². The molecule has 1 aliphatic carbocycles. The minimum atomic E-state index is -0.360. The van der Waals surface area contributed by atoms with Crippen LogP contribution in [0.15, 0.2) is 60.0 Å². The summed E-state index contributed by atoms with van der Waals surface area (Å²) in [6, 6.07) is 13.9. The van der Waals surface area contributed by atoms with Crippen LogP contribution in [0.3, 0.4) is 0 Å². The van der Waals surface area contributed by atoms with Crippen molar-refractivity contribution in [1.82, 2.24) is 25.1 Å². The number of carbonyl (C=O) groups is 1. The average molecular weight is 365 g/mol. The Morgan fingerprint density at radius 3 is 2.69 bits per heavy atom. The molecule has 1 aromatic carbocycles. The Morgan fingerprint density at radius 1 is 1.19 bits per heavy atom. The van der Waals surface area contributed by atoms with Gasteiger partial charge in [-0.2, -0.15) is 0 Å². The van der Waals surface area contributed by atoms with Crippen LogP contribution in [0.2, 0.25) is 0 Å². The maximum absolute atomic E-state index is 12.8. The Bertz CT molecular complexity index is 893. The van der Waals surface area contributed by atoms with Crippen LogP contribution in [-0.4, -0.2) is 31.7 Å². The van der Waals surface area contributed by atoms with Crippen LogP contribution in [-0.2, 0) is 11.8 Å². The van der Waals surface area contributed by atoms with Crippen LogP contribution in [0, 0.1) is 0 Å². The Morgan fingerprint density at radius 2 is 2.00 bits per heavy atom. The van der Waals surface area contributed by atoms with Gasteiger partial charge in [-0.3, -0.25) is 9.78 Å². The maximum atomic E-state index is 12.8. The van der Waals surface area contributed by atoms with Crippen LogP contribution in [0.4, 0.5) is 0 Å². The number of rotatable bonds is 6. The number of thioether (sulfide) groups is 1. The smallest absolute Gasteiger partial charge is 0.238 e. The number of nitrogens with zero attached hydrogens (tertiary/aromatic N) is 4. The molecule has 4 rings (SSSR count). The lowest BCUT2D eigenvalue weighted by atomic mass is 10.1. The van der Waals surface area contributed by atoms with Crippen LogP contribution in [0.5, 0.6) is 0 Å². The molecule has 1 aliphatic rings. The van der Waals surface area contributed by atoms with Gasteiger partial charge in [-0.15, -0.1) is 10.2 Å². The molecule has 1 atom stereocenters. The second kappa shape index (κ2) is 7.29. The molecule has 0 aliphatic heterocycles. The van der Waals surface area contributed by atoms with E-state index in [-0.39, 0.29) is 11.2 Å². The molecule has 2 aromatic heterocycles. The maximum Gasteiger partial charge on any atom is 0.238 e. The van der Waals surface area contributed by atoms with Gasteiger partial charge in [0, 0.05) is 31.0 Å². The summed E-state index contributed by atoms with van der Waals surface area (Å²) in [6.45, 7) is 0. The van der Waals surface area contributed by atoms with Gasteiger partial charge < -0.3 is 9.88 Å². The number of hydrogen-bond donors (Lipinski definition) is 1. The summed E-state index contributed by atoms with van der Waals surface area (Å²) in [6.07, 6.45) is 5.61. The monoisotopic (exact) mass is 365 g/mol. The third-order valence-electron chi connectivity index (χ3n) is 4.24. The molecular weight excluding hydrogens is 346 g/mol. The standard InChI is InChI=1S/C19H19N5OS/c1-24-17(14-8-5-11-20-12-14)22-23-19(24)26-16(13-6-3-2-4-7-13)18(25)21-15-9-10-15/h2-8,11-12,15-16H,9-10H2,1H3,(H,21,25). The Labute approximate surface area is 156 Å². The van der Waals surface area contributed by atoms with E-state index in [1.54, 1.807) is 12.4 Å². The SMILES string of the molecule is Cn1c(SC(C(=O)NC2CC2)c2ccccc2)nnc1-c1cccnc1. The van der Waals surface area contributed by atoms with Crippen molar-refractivity contribution in [2.24, 2.45) is 7.05 Å². The van der Waals surface area contributed by atoms with Crippen molar-refractivity contribution in [1.29, 1.82) is 0 Å². The number of benzene rings is 1. The normalized spacial score (nSPS) is 14.8. The molecule has 0 saturated heterocycles. The highest BCUT2D eigenvalue weighted by Crippen LogP contribution is 2.36. The highest BCUT2D eigenvalue weighted by Gasteiger charge is 2.30. The second-order valence-electron chi connectivity index (χ2n) is 6.30. The molecule has 1 amide bonds. The van der Waals surface area contributed by atoms with Gasteiger partial charge in [0.2, 0.25) is 5.91 Å². The second-order valence-corrected chi connectivity index (χ2v) is 7.37. The fraction of sp³-hybridized carbons (Fsp3) is 0.263. The number of hydrogen-bond acceptors (Lipinski definition) is 5. The number of carbonyl (C=O) groups excluding carboxylic acids is 1. The minimum absolute atomic E-state index is 0.0228. The summed E-state index contributed by atoms with van der Waals surface area (Å²) < 4.78 is 1.90. The Kier molecular flexibility index (Phi) is 4.71. The van der Waals surface area contributed by atoms with Gasteiger partial charge in [-0.1, -0.05) is 42.1 Å². The van der Waals surface area contributed by atoms with Crippen molar-refractivity contribution in [3.8, 4) is 11.4 Å². The lowest BCUT2D eigenvalue weighted by molar-refractivity contribution is -0.120. The predicted octanol–water partition coefficient (Wildman–Crippen LogP) is 2.99. The molecule has 1 unspecified atom stereocenters. The fourth-order valence-corrected chi connectivity index (χ4v) is 3.69. The zero-order chi connectivity index (χ0) is 17.9. The zero-order valence-corrected chi connectivity index (χ0v) is 15.2. The van der Waals surface area contributed by atoms with E-state index < -0.39 is 0 Å². The van der Waals surface area contributed by atoms with Gasteiger partial charge in [-0.05, 0) is 30.5 Å². The molecule has 26 heavy (non-hydrogen) atoms. The first-order valence-electron chi connectivity index (χ1n) is 8.54. The van der Waals surface area contributed by atoms with E-state index >= 15 is 0 Å². The number of amides is 1. The number of aromatic nitrogens is 4. The van der Waals surface area contributed by atoms with Crippen molar-refractivity contribution < 1.29 is 4.79 Å². The van der Waals surface area contributed by atoms with E-state index in [2.05, 4.69) is 20.5 Å². The third-order valence-corrected chi connectivity index (χ3v) is 5.53. The van der Waals surface area contributed by atoms with E-state index in [0.717, 1.165) is 29.8 Å². The van der Waals surface area contributed by atoms with Crippen LogP contribution >= 0.6 is 11.8 Å². The summed E-state index contributed by atoms with van der Waals surface area (Å²) in [5.41, 5.74) is 1.86. The first kappa shape index (κ1) is 16.8. The first-order chi connectivity index (χ1) is 12.7. The fourth-order valence-electron chi connectivity index (χ4n) is 2.67. The summed E-state index contributed by atoms with van der Waals surface area (Å²) in [4.78, 5) is 16.9. The molecular formula is C19H19N5OS. The molecule has 1 fully saturated rings. The summed E-state index contributed by atoms with van der Waals surface area (Å²) in [5, 5.41) is 12.0. The van der Waals surface area contributed by atoms with Gasteiger partial charge in [-0.25, -0.2) is 0 Å². The lowest BCUT2D eigenvalue weighted by Gasteiger charge is -2.16. The molecule has 132 valence electrons. The third kappa shape index (κ3) is 3.62. The van der Waals surface area contributed by atoms with Gasteiger partial charge in [0.15, 0.2) is 11.0 Å². The molecule has 6 nitrogen and oxygen atoms in total. The van der Waals surface area contributed by atoms with E-state index in [1.807, 2.05) is 54.1 Å². The summed E-state index contributed by atoms with van der Waals surface area (Å²) >= 11 is 1.42. The van der Waals surface area contributed by atoms with Gasteiger partial charge in [0.05, 0.1) is 0 Å². The summed E-state index contributed by atoms with van der Waals surface area (Å²) in [5.74, 6) is 0.754. The number of nitrogens with one attached hydrogen (secondary N) is 1. The predicted molar refractivity (Wildman–Crippen MR) is 100 cm³/mol. The van der Waals surface area contributed by atoms with E-state index in [4.69, 9.17) is 0 Å². The van der Waals surface area contributed by atoms with Crippen molar-refractivity contribution >= 4 is 17.7 Å². The van der Waals surface area contributed by atoms with Crippen LogP contribution in [0.25, 0.3) is 11.4 Å². The number of pyridine rings is 1. The van der Waals surface area contributed by atoms with Crippen LogP contribution < -0.4 is 5.32 Å². The average Bonchev–Trinajstić information content (AvgIpc) is 3.42. The van der Waals surface area contributed by atoms with Crippen molar-refractivity contribution in [3.05, 3.63) is 60.4 Å².